The van der Waals surface area contributed by atoms with Crippen LogP contribution in [0.1, 0.15) is 6.42 Å². The van der Waals surface area contributed by atoms with Gasteiger partial charge >= 0.3 is 85.4 Å². The van der Waals surface area contributed by atoms with Gasteiger partial charge < -0.3 is 0 Å². The fourth-order valence-corrected chi connectivity index (χ4v) is 2.80. The summed E-state index contributed by atoms with van der Waals surface area (Å²) < 4.78 is 1.35. The van der Waals surface area contributed by atoms with Crippen molar-refractivity contribution in [2.45, 2.75) is 17.8 Å². The Morgan fingerprint density at radius 2 is 2.08 bits per heavy atom. The number of aliphatic hydroxyl groups excluding tert-OH is 1. The molecule has 0 aliphatic heterocycles. The molecule has 1 aromatic rings. The van der Waals surface area contributed by atoms with Crippen LogP contribution in [-0.4, -0.2) is 26.2 Å². The Balaban J connectivity index is 2.30. The van der Waals surface area contributed by atoms with Gasteiger partial charge in [-0.2, -0.15) is 0 Å². The monoisotopic (exact) mass is 242 g/mol. The molecule has 0 aromatic heterocycles. The van der Waals surface area contributed by atoms with Gasteiger partial charge in [0.15, 0.2) is 0 Å². The first-order valence-corrected chi connectivity index (χ1v) is 6.36. The van der Waals surface area contributed by atoms with E-state index in [1.54, 1.807) is 6.08 Å². The maximum atomic E-state index is 9.45. The van der Waals surface area contributed by atoms with E-state index in [1.165, 1.54) is 4.46 Å². The van der Waals surface area contributed by atoms with Crippen LogP contribution >= 0.6 is 0 Å². The second-order valence-electron chi connectivity index (χ2n) is 2.80. The summed E-state index contributed by atoms with van der Waals surface area (Å²) in [6.07, 6.45) is 2.26. The molecule has 0 aliphatic carbocycles. The minimum atomic E-state index is -0.210. The average molecular weight is 241 g/mol. The molecule has 0 radical (unpaired) electrons. The summed E-state index contributed by atoms with van der Waals surface area (Å²) in [4.78, 5) is 0. The topological polar surface area (TPSA) is 20.2 Å². The van der Waals surface area contributed by atoms with Gasteiger partial charge in [0.2, 0.25) is 0 Å². The van der Waals surface area contributed by atoms with Gasteiger partial charge in [-0.05, 0) is 0 Å². The summed E-state index contributed by atoms with van der Waals surface area (Å²) in [6, 6.07) is 10.3. The zero-order valence-corrected chi connectivity index (χ0v) is 9.23. The summed E-state index contributed by atoms with van der Waals surface area (Å²) in [7, 11) is 0. The van der Waals surface area contributed by atoms with E-state index in [4.69, 9.17) is 0 Å². The van der Waals surface area contributed by atoms with Crippen LogP contribution in [-0.2, 0) is 0 Å². The van der Waals surface area contributed by atoms with Gasteiger partial charge in [-0.1, -0.05) is 0 Å². The molecule has 1 unspecified atom stereocenters. The van der Waals surface area contributed by atoms with Gasteiger partial charge in [-0.3, -0.25) is 0 Å². The zero-order valence-electron chi connectivity index (χ0n) is 7.52. The van der Waals surface area contributed by atoms with E-state index >= 15 is 0 Å². The van der Waals surface area contributed by atoms with Crippen molar-refractivity contribution in [2.75, 3.05) is 0 Å². The van der Waals surface area contributed by atoms with E-state index in [-0.39, 0.29) is 6.10 Å². The second kappa shape index (κ2) is 5.98. The summed E-state index contributed by atoms with van der Waals surface area (Å²) in [5.41, 5.74) is 0. The van der Waals surface area contributed by atoms with Crippen LogP contribution in [0.5, 0.6) is 0 Å². The second-order valence-corrected chi connectivity index (χ2v) is 5.10. The van der Waals surface area contributed by atoms with Crippen LogP contribution < -0.4 is 4.46 Å². The van der Waals surface area contributed by atoms with Crippen LogP contribution in [0, 0.1) is 0 Å². The van der Waals surface area contributed by atoms with Crippen molar-refractivity contribution in [3.8, 4) is 0 Å². The maximum absolute atomic E-state index is 9.45. The fourth-order valence-electron chi connectivity index (χ4n) is 0.970. The number of aliphatic hydroxyl groups is 1. The predicted octanol–water partition coefficient (Wildman–Crippen LogP) is 1.37. The number of hydrogen-bond donors (Lipinski definition) is 1. The molecular formula is C11H14OSe. The van der Waals surface area contributed by atoms with Crippen molar-refractivity contribution in [1.82, 2.24) is 0 Å². The van der Waals surface area contributed by atoms with E-state index < -0.39 is 0 Å². The van der Waals surface area contributed by atoms with E-state index in [9.17, 15) is 5.11 Å². The third kappa shape index (κ3) is 4.28. The molecule has 13 heavy (non-hydrogen) atoms. The third-order valence-corrected chi connectivity index (χ3v) is 4.05. The molecule has 1 atom stereocenters. The molecule has 1 aromatic carbocycles. The van der Waals surface area contributed by atoms with Gasteiger partial charge in [0, 0.05) is 0 Å². The molecule has 2 heteroatoms. The molecule has 0 heterocycles. The van der Waals surface area contributed by atoms with Gasteiger partial charge in [-0.25, -0.2) is 0 Å². The number of rotatable bonds is 5. The first-order chi connectivity index (χ1) is 6.33. The molecule has 0 bridgehead atoms. The Morgan fingerprint density at radius 3 is 2.69 bits per heavy atom. The molecule has 70 valence electrons. The number of hydrogen-bond acceptors (Lipinski definition) is 1. The molecule has 0 saturated heterocycles. The third-order valence-electron chi connectivity index (χ3n) is 1.62. The standard InChI is InChI=1S/C11H14OSe/c1-2-6-10(12)9-13-11-7-4-3-5-8-11/h2-5,7-8,10,12H,1,6,9H2. The molecule has 1 nitrogen and oxygen atoms in total. The number of benzene rings is 1. The molecule has 0 saturated carbocycles. The van der Waals surface area contributed by atoms with Crippen molar-refractivity contribution in [1.29, 1.82) is 0 Å². The van der Waals surface area contributed by atoms with Crippen LogP contribution in [0.3, 0.4) is 0 Å². The summed E-state index contributed by atoms with van der Waals surface area (Å²) in [6.45, 7) is 3.60. The van der Waals surface area contributed by atoms with Crippen LogP contribution in [0.4, 0.5) is 0 Å². The molecule has 0 aliphatic rings. The van der Waals surface area contributed by atoms with Gasteiger partial charge in [0.1, 0.15) is 0 Å². The van der Waals surface area contributed by atoms with E-state index in [2.05, 4.69) is 18.7 Å². The SMILES string of the molecule is C=CCC(O)C[Se]c1ccccc1. The quantitative estimate of drug-likeness (QED) is 0.609. The Kier molecular flexibility index (Phi) is 4.84. The van der Waals surface area contributed by atoms with E-state index in [1.807, 2.05) is 18.2 Å². The van der Waals surface area contributed by atoms with E-state index in [0.29, 0.717) is 21.4 Å². The molecule has 0 fully saturated rings. The van der Waals surface area contributed by atoms with Gasteiger partial charge in [-0.15, -0.1) is 0 Å². The molecule has 1 rings (SSSR count). The van der Waals surface area contributed by atoms with Crippen molar-refractivity contribution in [2.24, 2.45) is 0 Å². The Morgan fingerprint density at radius 1 is 1.38 bits per heavy atom. The Labute approximate surface area is 85.6 Å². The minimum absolute atomic E-state index is 0.210. The molecular weight excluding hydrogens is 227 g/mol. The van der Waals surface area contributed by atoms with Crippen molar-refractivity contribution in [3.63, 3.8) is 0 Å². The van der Waals surface area contributed by atoms with Gasteiger partial charge in [0.05, 0.1) is 0 Å². The Bertz CT molecular complexity index is 246. The first-order valence-electron chi connectivity index (χ1n) is 4.29. The van der Waals surface area contributed by atoms with Crippen molar-refractivity contribution < 1.29 is 5.11 Å². The first kappa shape index (κ1) is 10.5. The average Bonchev–Trinajstić information content (AvgIpc) is 2.17. The molecule has 0 amide bonds. The summed E-state index contributed by atoms with van der Waals surface area (Å²) in [5.74, 6) is 0. The summed E-state index contributed by atoms with van der Waals surface area (Å²) in [5, 5.41) is 10.3. The van der Waals surface area contributed by atoms with E-state index in [0.717, 1.165) is 5.32 Å². The summed E-state index contributed by atoms with van der Waals surface area (Å²) >= 11 is 0.393. The van der Waals surface area contributed by atoms with Gasteiger partial charge in [0.25, 0.3) is 0 Å². The van der Waals surface area contributed by atoms with Crippen LogP contribution in [0.2, 0.25) is 5.32 Å². The molecule has 0 spiro atoms. The normalized spacial score (nSPS) is 12.4. The van der Waals surface area contributed by atoms with Crippen LogP contribution in [0.25, 0.3) is 0 Å². The van der Waals surface area contributed by atoms with Crippen molar-refractivity contribution in [3.05, 3.63) is 43.0 Å². The Hall–Kier alpha value is -0.561. The predicted molar refractivity (Wildman–Crippen MR) is 57.5 cm³/mol. The van der Waals surface area contributed by atoms with Crippen LogP contribution in [0.15, 0.2) is 43.0 Å². The van der Waals surface area contributed by atoms with Crippen molar-refractivity contribution >= 4 is 19.4 Å². The zero-order chi connectivity index (χ0) is 9.52. The fraction of sp³-hybridized carbons (Fsp3) is 0.273. The molecule has 1 N–H and O–H groups in total.